The lowest BCUT2D eigenvalue weighted by Gasteiger charge is -2.05. The average Bonchev–Trinajstić information content (AvgIpc) is 2.61. The van der Waals surface area contributed by atoms with Gasteiger partial charge in [0.2, 0.25) is 0 Å². The molecule has 0 fully saturated rings. The van der Waals surface area contributed by atoms with Crippen LogP contribution in [0, 0.1) is 11.3 Å². The lowest BCUT2D eigenvalue weighted by atomic mass is 10.1. The normalized spacial score (nSPS) is 10.7. The summed E-state index contributed by atoms with van der Waals surface area (Å²) >= 11 is 0. The Kier molecular flexibility index (Phi) is 5.96. The quantitative estimate of drug-likeness (QED) is 0.659. The van der Waals surface area contributed by atoms with Gasteiger partial charge < -0.3 is 10.1 Å². The number of carbonyl (C=O) groups excluding carboxylic acids is 1. The van der Waals surface area contributed by atoms with Gasteiger partial charge in [0.05, 0.1) is 7.11 Å². The van der Waals surface area contributed by atoms with Gasteiger partial charge in [0.15, 0.2) is 0 Å². The van der Waals surface area contributed by atoms with Gasteiger partial charge in [0.25, 0.3) is 5.91 Å². The molecule has 0 unspecified atom stereocenters. The third-order valence-electron chi connectivity index (χ3n) is 3.33. The second kappa shape index (κ2) is 8.40. The van der Waals surface area contributed by atoms with E-state index in [9.17, 15) is 10.1 Å². The van der Waals surface area contributed by atoms with E-state index in [2.05, 4.69) is 5.32 Å². The molecule has 0 aliphatic heterocycles. The maximum atomic E-state index is 12.1. The standard InChI is InChI=1S/C19H18N2O2/c1-23-18-9-7-16(8-10-18)13-17(14-20)19(22)21-12-11-15-5-3-2-4-6-15/h2-10,13H,11-12H2,1H3,(H,21,22)/b17-13-. The Bertz CT molecular complexity index is 713. The predicted molar refractivity (Wildman–Crippen MR) is 89.7 cm³/mol. The molecular formula is C19H18N2O2. The van der Waals surface area contributed by atoms with Crippen molar-refractivity contribution in [2.24, 2.45) is 0 Å². The van der Waals surface area contributed by atoms with Gasteiger partial charge >= 0.3 is 0 Å². The van der Waals surface area contributed by atoms with Crippen molar-refractivity contribution in [2.75, 3.05) is 13.7 Å². The van der Waals surface area contributed by atoms with Crippen molar-refractivity contribution < 1.29 is 9.53 Å². The SMILES string of the molecule is COc1ccc(/C=C(/C#N)C(=O)NCCc2ccccc2)cc1. The molecule has 0 saturated heterocycles. The summed E-state index contributed by atoms with van der Waals surface area (Å²) in [6.45, 7) is 0.491. The highest BCUT2D eigenvalue weighted by Gasteiger charge is 2.08. The molecule has 0 aliphatic carbocycles. The van der Waals surface area contributed by atoms with E-state index < -0.39 is 0 Å². The first-order valence-corrected chi connectivity index (χ1v) is 7.31. The summed E-state index contributed by atoms with van der Waals surface area (Å²) in [6, 6.07) is 19.0. The number of benzene rings is 2. The highest BCUT2D eigenvalue weighted by molar-refractivity contribution is 6.01. The van der Waals surface area contributed by atoms with Crippen molar-refractivity contribution in [3.05, 3.63) is 71.3 Å². The summed E-state index contributed by atoms with van der Waals surface area (Å²) in [4.78, 5) is 12.1. The smallest absolute Gasteiger partial charge is 0.261 e. The Morgan fingerprint density at radius 2 is 1.87 bits per heavy atom. The molecule has 0 aromatic heterocycles. The first kappa shape index (κ1) is 16.3. The Morgan fingerprint density at radius 1 is 1.17 bits per heavy atom. The molecule has 0 atom stereocenters. The van der Waals surface area contributed by atoms with Crippen molar-refractivity contribution in [3.63, 3.8) is 0 Å². The van der Waals surface area contributed by atoms with Gasteiger partial charge in [0.1, 0.15) is 17.4 Å². The fraction of sp³-hybridized carbons (Fsp3) is 0.158. The summed E-state index contributed by atoms with van der Waals surface area (Å²) in [6.07, 6.45) is 2.30. The van der Waals surface area contributed by atoms with E-state index >= 15 is 0 Å². The van der Waals surface area contributed by atoms with Crippen molar-refractivity contribution in [1.29, 1.82) is 5.26 Å². The molecule has 0 aliphatic rings. The fourth-order valence-electron chi connectivity index (χ4n) is 2.08. The lowest BCUT2D eigenvalue weighted by molar-refractivity contribution is -0.117. The van der Waals surface area contributed by atoms with Gasteiger partial charge in [-0.25, -0.2) is 0 Å². The van der Waals surface area contributed by atoms with E-state index in [0.717, 1.165) is 23.3 Å². The summed E-state index contributed by atoms with van der Waals surface area (Å²) in [7, 11) is 1.59. The van der Waals surface area contributed by atoms with Crippen LogP contribution in [0.15, 0.2) is 60.2 Å². The van der Waals surface area contributed by atoms with Crippen LogP contribution >= 0.6 is 0 Å². The van der Waals surface area contributed by atoms with Gasteiger partial charge in [-0.2, -0.15) is 5.26 Å². The van der Waals surface area contributed by atoms with E-state index in [1.807, 2.05) is 36.4 Å². The van der Waals surface area contributed by atoms with Crippen molar-refractivity contribution >= 4 is 12.0 Å². The van der Waals surface area contributed by atoms with Gasteiger partial charge in [-0.05, 0) is 35.8 Å². The molecule has 0 spiro atoms. The number of methoxy groups -OCH3 is 1. The maximum Gasteiger partial charge on any atom is 0.261 e. The van der Waals surface area contributed by atoms with Crippen LogP contribution in [0.4, 0.5) is 0 Å². The Morgan fingerprint density at radius 3 is 2.48 bits per heavy atom. The molecule has 4 nitrogen and oxygen atoms in total. The summed E-state index contributed by atoms with van der Waals surface area (Å²) in [5, 5.41) is 11.9. The molecule has 2 rings (SSSR count). The summed E-state index contributed by atoms with van der Waals surface area (Å²) < 4.78 is 5.08. The second-order valence-electron chi connectivity index (χ2n) is 4.93. The Labute approximate surface area is 136 Å². The predicted octanol–water partition coefficient (Wildman–Crippen LogP) is 2.96. The monoisotopic (exact) mass is 306 g/mol. The maximum absolute atomic E-state index is 12.1. The molecule has 116 valence electrons. The fourth-order valence-corrected chi connectivity index (χ4v) is 2.08. The highest BCUT2D eigenvalue weighted by atomic mass is 16.5. The number of nitriles is 1. The lowest BCUT2D eigenvalue weighted by Crippen LogP contribution is -2.26. The second-order valence-corrected chi connectivity index (χ2v) is 4.93. The van der Waals surface area contributed by atoms with Crippen LogP contribution in [0.1, 0.15) is 11.1 Å². The number of rotatable bonds is 6. The van der Waals surface area contributed by atoms with Crippen molar-refractivity contribution in [2.45, 2.75) is 6.42 Å². The number of nitrogens with zero attached hydrogens (tertiary/aromatic N) is 1. The van der Waals surface area contributed by atoms with Crippen LogP contribution in [-0.4, -0.2) is 19.6 Å². The zero-order valence-corrected chi connectivity index (χ0v) is 13.0. The largest absolute Gasteiger partial charge is 0.497 e. The minimum Gasteiger partial charge on any atom is -0.497 e. The Balaban J connectivity index is 1.95. The molecular weight excluding hydrogens is 288 g/mol. The van der Waals surface area contributed by atoms with Crippen LogP contribution < -0.4 is 10.1 Å². The number of hydrogen-bond acceptors (Lipinski definition) is 3. The van der Waals surface area contributed by atoms with E-state index in [1.165, 1.54) is 0 Å². The van der Waals surface area contributed by atoms with Gasteiger partial charge in [-0.3, -0.25) is 4.79 Å². The number of nitrogens with one attached hydrogen (secondary N) is 1. The average molecular weight is 306 g/mol. The van der Waals surface area contributed by atoms with Gasteiger partial charge in [-0.1, -0.05) is 42.5 Å². The molecule has 2 aromatic rings. The van der Waals surface area contributed by atoms with Crippen molar-refractivity contribution in [1.82, 2.24) is 5.32 Å². The van der Waals surface area contributed by atoms with E-state index in [0.29, 0.717) is 6.54 Å². The first-order valence-electron chi connectivity index (χ1n) is 7.31. The molecule has 0 bridgehead atoms. The molecule has 1 amide bonds. The molecule has 2 aromatic carbocycles. The van der Waals surface area contributed by atoms with Gasteiger partial charge in [0, 0.05) is 6.54 Å². The molecule has 1 N–H and O–H groups in total. The highest BCUT2D eigenvalue weighted by Crippen LogP contribution is 2.14. The Hall–Kier alpha value is -3.06. The molecule has 4 heteroatoms. The number of amides is 1. The third kappa shape index (κ3) is 5.01. The molecule has 0 heterocycles. The molecule has 23 heavy (non-hydrogen) atoms. The first-order chi connectivity index (χ1) is 11.2. The zero-order valence-electron chi connectivity index (χ0n) is 13.0. The number of carbonyl (C=O) groups is 1. The summed E-state index contributed by atoms with van der Waals surface area (Å²) in [5.74, 6) is 0.368. The number of hydrogen-bond donors (Lipinski definition) is 1. The van der Waals surface area contributed by atoms with Crippen LogP contribution in [0.25, 0.3) is 6.08 Å². The van der Waals surface area contributed by atoms with Gasteiger partial charge in [-0.15, -0.1) is 0 Å². The van der Waals surface area contributed by atoms with Crippen LogP contribution in [0.5, 0.6) is 5.75 Å². The minimum atomic E-state index is -0.362. The van der Waals surface area contributed by atoms with E-state index in [-0.39, 0.29) is 11.5 Å². The summed E-state index contributed by atoms with van der Waals surface area (Å²) in [5.41, 5.74) is 2.01. The minimum absolute atomic E-state index is 0.0863. The van der Waals surface area contributed by atoms with Crippen LogP contribution in [0.2, 0.25) is 0 Å². The third-order valence-corrected chi connectivity index (χ3v) is 3.33. The van der Waals surface area contributed by atoms with E-state index in [4.69, 9.17) is 4.74 Å². The molecule has 0 radical (unpaired) electrons. The van der Waals surface area contributed by atoms with Crippen LogP contribution in [0.3, 0.4) is 0 Å². The number of ether oxygens (including phenoxy) is 1. The van der Waals surface area contributed by atoms with E-state index in [1.54, 1.807) is 37.5 Å². The van der Waals surface area contributed by atoms with Crippen LogP contribution in [-0.2, 0) is 11.2 Å². The molecule has 0 saturated carbocycles. The topological polar surface area (TPSA) is 62.1 Å². The zero-order chi connectivity index (χ0) is 16.5. The van der Waals surface area contributed by atoms with Crippen molar-refractivity contribution in [3.8, 4) is 11.8 Å².